The number of urea groups is 1. The first-order valence-electron chi connectivity index (χ1n) is 9.22. The molecule has 2 fully saturated rings. The molecule has 0 atom stereocenters. The first-order chi connectivity index (χ1) is 12.5. The molecule has 1 aliphatic carbocycles. The highest BCUT2D eigenvalue weighted by atomic mass is 16.4. The van der Waals surface area contributed by atoms with E-state index in [9.17, 15) is 14.4 Å². The summed E-state index contributed by atoms with van der Waals surface area (Å²) < 4.78 is 0. The molecule has 2 aliphatic rings. The van der Waals surface area contributed by atoms with E-state index in [-0.39, 0.29) is 23.9 Å². The summed E-state index contributed by atoms with van der Waals surface area (Å²) in [5.74, 6) is -1.24. The van der Waals surface area contributed by atoms with Crippen LogP contribution in [0.15, 0.2) is 24.3 Å². The Morgan fingerprint density at radius 1 is 0.962 bits per heavy atom. The summed E-state index contributed by atoms with van der Waals surface area (Å²) in [6.07, 6.45) is 5.36. The topological polar surface area (TPSA) is 98.7 Å². The predicted molar refractivity (Wildman–Crippen MR) is 97.1 cm³/mol. The van der Waals surface area contributed by atoms with Gasteiger partial charge >= 0.3 is 12.0 Å². The average molecular weight is 359 g/mol. The van der Waals surface area contributed by atoms with Crippen molar-refractivity contribution in [2.75, 3.05) is 18.4 Å². The van der Waals surface area contributed by atoms with Gasteiger partial charge < -0.3 is 20.6 Å². The first-order valence-corrected chi connectivity index (χ1v) is 9.22. The van der Waals surface area contributed by atoms with Crippen molar-refractivity contribution in [1.82, 2.24) is 10.2 Å². The van der Waals surface area contributed by atoms with Gasteiger partial charge in [0.05, 0.1) is 5.92 Å². The lowest BCUT2D eigenvalue weighted by atomic mass is 9.97. The maximum absolute atomic E-state index is 12.3. The van der Waals surface area contributed by atoms with Crippen LogP contribution < -0.4 is 10.6 Å². The fraction of sp³-hybridized carbons (Fsp3) is 0.526. The van der Waals surface area contributed by atoms with Crippen molar-refractivity contribution in [3.8, 4) is 0 Å². The van der Waals surface area contributed by atoms with Crippen LogP contribution in [0.2, 0.25) is 0 Å². The van der Waals surface area contributed by atoms with E-state index in [2.05, 4.69) is 10.6 Å². The predicted octanol–water partition coefficient (Wildman–Crippen LogP) is 2.69. The van der Waals surface area contributed by atoms with E-state index in [1.807, 2.05) is 0 Å². The van der Waals surface area contributed by atoms with Gasteiger partial charge in [-0.1, -0.05) is 12.8 Å². The van der Waals surface area contributed by atoms with Crippen LogP contribution in [-0.2, 0) is 4.79 Å². The summed E-state index contributed by atoms with van der Waals surface area (Å²) in [5, 5.41) is 14.8. The number of nitrogens with one attached hydrogen (secondary N) is 2. The van der Waals surface area contributed by atoms with Gasteiger partial charge in [0.15, 0.2) is 0 Å². The Labute approximate surface area is 152 Å². The Kier molecular flexibility index (Phi) is 5.75. The van der Waals surface area contributed by atoms with Gasteiger partial charge in [-0.25, -0.2) is 4.79 Å². The van der Waals surface area contributed by atoms with Crippen LogP contribution >= 0.6 is 0 Å². The van der Waals surface area contributed by atoms with Gasteiger partial charge in [0.1, 0.15) is 0 Å². The fourth-order valence-corrected chi connectivity index (χ4v) is 3.58. The van der Waals surface area contributed by atoms with Crippen molar-refractivity contribution >= 4 is 23.6 Å². The van der Waals surface area contributed by atoms with Crippen molar-refractivity contribution in [3.63, 3.8) is 0 Å². The molecule has 1 heterocycles. The molecule has 1 saturated carbocycles. The number of nitrogens with zero attached hydrogens (tertiary/aromatic N) is 1. The summed E-state index contributed by atoms with van der Waals surface area (Å²) in [5.41, 5.74) is 1.20. The monoisotopic (exact) mass is 359 g/mol. The van der Waals surface area contributed by atoms with E-state index in [1.165, 1.54) is 12.8 Å². The van der Waals surface area contributed by atoms with Crippen molar-refractivity contribution in [2.45, 2.75) is 44.6 Å². The molecule has 26 heavy (non-hydrogen) atoms. The number of carbonyl (C=O) groups is 3. The zero-order valence-corrected chi connectivity index (χ0v) is 14.7. The van der Waals surface area contributed by atoms with Gasteiger partial charge in [0.2, 0.25) is 0 Å². The largest absolute Gasteiger partial charge is 0.481 e. The second kappa shape index (κ2) is 8.21. The van der Waals surface area contributed by atoms with Crippen LogP contribution in [0.4, 0.5) is 10.5 Å². The number of rotatable bonds is 4. The van der Waals surface area contributed by atoms with Crippen molar-refractivity contribution < 1.29 is 19.5 Å². The summed E-state index contributed by atoms with van der Waals surface area (Å²) in [7, 11) is 0. The quantitative estimate of drug-likeness (QED) is 0.770. The molecule has 1 saturated heterocycles. The number of anilines is 1. The molecule has 3 rings (SSSR count). The Balaban J connectivity index is 1.50. The molecule has 1 aliphatic heterocycles. The molecule has 7 heteroatoms. The number of amides is 3. The van der Waals surface area contributed by atoms with Crippen LogP contribution in [0.25, 0.3) is 0 Å². The average Bonchev–Trinajstić information content (AvgIpc) is 3.15. The van der Waals surface area contributed by atoms with Gasteiger partial charge in [-0.05, 0) is 49.9 Å². The van der Waals surface area contributed by atoms with E-state index in [1.54, 1.807) is 29.2 Å². The number of hydrogen-bond donors (Lipinski definition) is 3. The molecular weight excluding hydrogens is 334 g/mol. The molecule has 140 valence electrons. The summed E-state index contributed by atoms with van der Waals surface area (Å²) in [6.45, 7) is 0.870. The summed E-state index contributed by atoms with van der Waals surface area (Å²) >= 11 is 0. The van der Waals surface area contributed by atoms with Crippen LogP contribution in [0, 0.1) is 5.92 Å². The highest BCUT2D eigenvalue weighted by Gasteiger charge is 2.27. The molecule has 1 aromatic rings. The normalized spacial score (nSPS) is 18.5. The van der Waals surface area contributed by atoms with Gasteiger partial charge in [0.25, 0.3) is 5.91 Å². The Bertz CT molecular complexity index is 660. The molecular formula is C19H25N3O4. The van der Waals surface area contributed by atoms with Gasteiger partial charge in [-0.3, -0.25) is 9.59 Å². The minimum absolute atomic E-state index is 0.0782. The van der Waals surface area contributed by atoms with Crippen molar-refractivity contribution in [1.29, 1.82) is 0 Å². The van der Waals surface area contributed by atoms with Crippen LogP contribution in [0.1, 0.15) is 48.9 Å². The number of piperidine rings is 1. The van der Waals surface area contributed by atoms with E-state index >= 15 is 0 Å². The molecule has 0 bridgehead atoms. The molecule has 0 spiro atoms. The maximum Gasteiger partial charge on any atom is 0.321 e. The Morgan fingerprint density at radius 3 is 2.15 bits per heavy atom. The lowest BCUT2D eigenvalue weighted by Crippen LogP contribution is -2.42. The van der Waals surface area contributed by atoms with Crippen molar-refractivity contribution in [3.05, 3.63) is 29.8 Å². The number of carbonyl (C=O) groups excluding carboxylic acids is 2. The van der Waals surface area contributed by atoms with Crippen molar-refractivity contribution in [2.24, 2.45) is 5.92 Å². The highest BCUT2D eigenvalue weighted by molar-refractivity contribution is 5.95. The number of carboxylic acid groups (broad SMARTS) is 1. The maximum atomic E-state index is 12.3. The third-order valence-corrected chi connectivity index (χ3v) is 5.22. The molecule has 1 aromatic carbocycles. The summed E-state index contributed by atoms with van der Waals surface area (Å²) in [6, 6.07) is 6.87. The van der Waals surface area contributed by atoms with E-state index in [0.29, 0.717) is 37.2 Å². The number of carboxylic acids is 1. The lowest BCUT2D eigenvalue weighted by molar-refractivity contribution is -0.143. The smallest absolute Gasteiger partial charge is 0.321 e. The van der Waals surface area contributed by atoms with Gasteiger partial charge in [-0.2, -0.15) is 0 Å². The molecule has 0 radical (unpaired) electrons. The zero-order valence-electron chi connectivity index (χ0n) is 14.7. The van der Waals surface area contributed by atoms with Crippen LogP contribution in [0.3, 0.4) is 0 Å². The highest BCUT2D eigenvalue weighted by Crippen LogP contribution is 2.20. The fourth-order valence-electron chi connectivity index (χ4n) is 3.58. The first kappa shape index (κ1) is 18.2. The lowest BCUT2D eigenvalue weighted by Gasteiger charge is -2.30. The third-order valence-electron chi connectivity index (χ3n) is 5.22. The number of benzene rings is 1. The number of likely N-dealkylation sites (tertiary alicyclic amines) is 1. The number of aliphatic carboxylic acids is 1. The van der Waals surface area contributed by atoms with E-state index in [0.717, 1.165) is 12.8 Å². The van der Waals surface area contributed by atoms with Gasteiger partial charge in [-0.15, -0.1) is 0 Å². The Morgan fingerprint density at radius 2 is 1.58 bits per heavy atom. The summed E-state index contributed by atoms with van der Waals surface area (Å²) in [4.78, 5) is 37.1. The third kappa shape index (κ3) is 4.53. The SMILES string of the molecule is O=C(NC1CCCC1)c1ccc(NC(=O)N2CCC(C(=O)O)CC2)cc1. The molecule has 0 aromatic heterocycles. The second-order valence-corrected chi connectivity index (χ2v) is 7.06. The number of hydrogen-bond acceptors (Lipinski definition) is 3. The molecule has 3 amide bonds. The second-order valence-electron chi connectivity index (χ2n) is 7.06. The molecule has 0 unspecified atom stereocenters. The zero-order chi connectivity index (χ0) is 18.5. The van der Waals surface area contributed by atoms with E-state index < -0.39 is 5.97 Å². The van der Waals surface area contributed by atoms with Gasteiger partial charge in [0, 0.05) is 30.4 Å². The molecule has 3 N–H and O–H groups in total. The minimum Gasteiger partial charge on any atom is -0.481 e. The standard InChI is InChI=1S/C19H25N3O4/c23-17(20-15-3-1-2-4-15)13-5-7-16(8-6-13)21-19(26)22-11-9-14(10-12-22)18(24)25/h5-8,14-15H,1-4,9-12H2,(H,20,23)(H,21,26)(H,24,25). The van der Waals surface area contributed by atoms with Crippen LogP contribution in [0.5, 0.6) is 0 Å². The Hall–Kier alpha value is -2.57. The van der Waals surface area contributed by atoms with Crippen LogP contribution in [-0.4, -0.2) is 47.0 Å². The van der Waals surface area contributed by atoms with E-state index in [4.69, 9.17) is 5.11 Å². The molecule has 7 nitrogen and oxygen atoms in total. The minimum atomic E-state index is -0.795.